The van der Waals surface area contributed by atoms with E-state index in [1.54, 1.807) is 0 Å². The van der Waals surface area contributed by atoms with E-state index in [-0.39, 0.29) is 33.4 Å². The van der Waals surface area contributed by atoms with Crippen molar-refractivity contribution in [2.75, 3.05) is 12.4 Å². The number of phenols is 1. The molecule has 2 aliphatic rings. The summed E-state index contributed by atoms with van der Waals surface area (Å²) in [4.78, 5) is 59.8. The highest BCUT2D eigenvalue weighted by atomic mass is 35.5. The van der Waals surface area contributed by atoms with E-state index < -0.39 is 47.9 Å². The zero-order chi connectivity index (χ0) is 22.9. The molecule has 0 saturated carbocycles. The Kier molecular flexibility index (Phi) is 6.36. The summed E-state index contributed by atoms with van der Waals surface area (Å²) in [6.45, 7) is -0.393. The molecular weight excluding hydrogens is 456 g/mol. The number of aromatic hydroxyl groups is 1. The summed E-state index contributed by atoms with van der Waals surface area (Å²) in [6, 6.07) is 1.04. The quantitative estimate of drug-likeness (QED) is 0.328. The first-order valence-electron chi connectivity index (χ1n) is 8.59. The molecule has 1 saturated heterocycles. The second-order valence-corrected chi connectivity index (χ2v) is 7.99. The van der Waals surface area contributed by atoms with Crippen molar-refractivity contribution in [3.63, 3.8) is 0 Å². The molecule has 0 spiro atoms. The lowest BCUT2D eigenvalue weighted by Crippen LogP contribution is -2.70. The Morgan fingerprint density at radius 1 is 1.42 bits per heavy atom. The number of nitrogens with one attached hydrogen (secondary N) is 1. The van der Waals surface area contributed by atoms with Crippen LogP contribution in [-0.4, -0.2) is 62.8 Å². The van der Waals surface area contributed by atoms with Gasteiger partial charge >= 0.3 is 12.1 Å². The van der Waals surface area contributed by atoms with Gasteiger partial charge in [0.05, 0.1) is 5.02 Å². The number of hydrogen-bond donors (Lipinski definition) is 4. The molecule has 14 heteroatoms. The van der Waals surface area contributed by atoms with Crippen molar-refractivity contribution in [3.8, 4) is 5.75 Å². The van der Waals surface area contributed by atoms with Gasteiger partial charge < -0.3 is 26.0 Å². The van der Waals surface area contributed by atoms with E-state index in [1.807, 2.05) is 0 Å². The summed E-state index contributed by atoms with van der Waals surface area (Å²) in [7, 11) is 0. The highest BCUT2D eigenvalue weighted by Crippen LogP contribution is 2.40. The van der Waals surface area contributed by atoms with Crippen molar-refractivity contribution in [3.05, 3.63) is 45.0 Å². The number of β-lactam (4-membered cyclic amide) rings is 1. The molecule has 1 aromatic carbocycles. The summed E-state index contributed by atoms with van der Waals surface area (Å²) in [6.07, 6.45) is -1.09. The molecule has 2 aliphatic heterocycles. The number of aliphatic carboxylic acids is 1. The maximum absolute atomic E-state index is 12.6. The number of benzene rings is 1. The molecule has 12 nitrogen and oxygen atoms in total. The fraction of sp³-hybridized carbons (Fsp3) is 0.294. The minimum atomic E-state index is -1.54. The third-order valence-electron chi connectivity index (χ3n) is 4.58. The van der Waals surface area contributed by atoms with E-state index in [0.717, 1.165) is 16.7 Å². The van der Waals surface area contributed by atoms with Gasteiger partial charge in [0, 0.05) is 11.3 Å². The third-order valence-corrected chi connectivity index (χ3v) is 6.22. The highest BCUT2D eigenvalue weighted by Gasteiger charge is 2.54. The number of nitrogens with zero attached hydrogens (tertiary/aromatic N) is 2. The Hall–Kier alpha value is -3.32. The van der Waals surface area contributed by atoms with Crippen LogP contribution in [0.5, 0.6) is 5.75 Å². The highest BCUT2D eigenvalue weighted by molar-refractivity contribution is 8.00. The summed E-state index contributed by atoms with van der Waals surface area (Å²) in [5.41, 5.74) is 4.83. The number of carbonyl (C=O) groups is 4. The first-order chi connectivity index (χ1) is 14.6. The summed E-state index contributed by atoms with van der Waals surface area (Å²) < 4.78 is 4.63. The van der Waals surface area contributed by atoms with Crippen molar-refractivity contribution in [1.29, 1.82) is 0 Å². The molecule has 2 unspecified atom stereocenters. The van der Waals surface area contributed by atoms with Gasteiger partial charge in [0.2, 0.25) is 0 Å². The van der Waals surface area contributed by atoms with Gasteiger partial charge in [0.15, 0.2) is 6.04 Å². The number of phenolic OH excluding ortho intramolecular Hbond substituents is 1. The summed E-state index contributed by atoms with van der Waals surface area (Å²) in [5.74, 6) is -3.15. The molecule has 3 rings (SSSR count). The van der Waals surface area contributed by atoms with E-state index in [4.69, 9.17) is 17.3 Å². The minimum absolute atomic E-state index is 0.0883. The lowest BCUT2D eigenvalue weighted by molar-refractivity contribution is -0.151. The predicted octanol–water partition coefficient (Wildman–Crippen LogP) is 0.687. The van der Waals surface area contributed by atoms with Crippen LogP contribution in [-0.2, 0) is 19.1 Å². The standard InChI is InChI=1S/C17H15ClN4O8S/c18-8-3-6(1-2-9(8)23)10(21-29)13(24)20-11-14(25)22-12(16(26)27)7(4-30-17(19)28)5-31-15(11)22/h1-3,10-11,15,23H,4-5H2,(H2,19,28)(H,20,24)(H,26,27)/t10?,11?,15-/m0/s1. The maximum atomic E-state index is 12.6. The zero-order valence-corrected chi connectivity index (χ0v) is 17.1. The van der Waals surface area contributed by atoms with Gasteiger partial charge in [0.1, 0.15) is 29.5 Å². The lowest BCUT2D eigenvalue weighted by atomic mass is 10.0. The first kappa shape index (κ1) is 22.4. The number of amides is 3. The number of rotatable bonds is 7. The second kappa shape index (κ2) is 8.81. The third kappa shape index (κ3) is 4.27. The predicted molar refractivity (Wildman–Crippen MR) is 107 cm³/mol. The van der Waals surface area contributed by atoms with Gasteiger partial charge in [-0.05, 0) is 17.7 Å². The molecule has 0 bridgehead atoms. The van der Waals surface area contributed by atoms with Crippen LogP contribution >= 0.6 is 23.4 Å². The van der Waals surface area contributed by atoms with Gasteiger partial charge in [-0.2, -0.15) is 0 Å². The molecule has 5 N–H and O–H groups in total. The smallest absolute Gasteiger partial charge is 0.404 e. The number of nitrogens with two attached hydrogens (primary N) is 1. The molecule has 1 fully saturated rings. The van der Waals surface area contributed by atoms with Crippen molar-refractivity contribution < 1.29 is 34.1 Å². The normalized spacial score (nSPS) is 20.9. The number of carboxylic acids is 1. The van der Waals surface area contributed by atoms with Crippen LogP contribution in [0.25, 0.3) is 0 Å². The number of hydrogen-bond acceptors (Lipinski definition) is 9. The van der Waals surface area contributed by atoms with Gasteiger partial charge in [-0.25, -0.2) is 9.59 Å². The number of nitroso groups, excluding NO2 is 1. The minimum Gasteiger partial charge on any atom is -0.506 e. The number of carbonyl (C=O) groups excluding carboxylic acids is 3. The fourth-order valence-corrected chi connectivity index (χ4v) is 4.65. The second-order valence-electron chi connectivity index (χ2n) is 6.48. The number of thioether (sulfide) groups is 1. The van der Waals surface area contributed by atoms with Crippen LogP contribution in [0, 0.1) is 4.91 Å². The van der Waals surface area contributed by atoms with Crippen LogP contribution in [0.1, 0.15) is 11.6 Å². The van der Waals surface area contributed by atoms with Crippen molar-refractivity contribution in [2.45, 2.75) is 17.5 Å². The van der Waals surface area contributed by atoms with Gasteiger partial charge in [0.25, 0.3) is 11.8 Å². The molecule has 31 heavy (non-hydrogen) atoms. The molecule has 1 aromatic rings. The van der Waals surface area contributed by atoms with E-state index in [2.05, 4.69) is 15.2 Å². The molecule has 0 aliphatic carbocycles. The Bertz CT molecular complexity index is 1020. The van der Waals surface area contributed by atoms with E-state index in [9.17, 15) is 34.3 Å². The van der Waals surface area contributed by atoms with E-state index >= 15 is 0 Å². The van der Waals surface area contributed by atoms with Crippen molar-refractivity contribution in [2.24, 2.45) is 10.9 Å². The Balaban J connectivity index is 1.76. The average Bonchev–Trinajstić information content (AvgIpc) is 2.72. The van der Waals surface area contributed by atoms with E-state index in [1.165, 1.54) is 18.2 Å². The summed E-state index contributed by atoms with van der Waals surface area (Å²) in [5, 5.41) is 23.3. The number of fused-ring (bicyclic) bond motifs is 1. The topological polar surface area (TPSA) is 189 Å². The van der Waals surface area contributed by atoms with Crippen molar-refractivity contribution >= 4 is 47.2 Å². The fourth-order valence-electron chi connectivity index (χ4n) is 3.14. The molecule has 2 heterocycles. The first-order valence-corrected chi connectivity index (χ1v) is 10.0. The molecule has 0 radical (unpaired) electrons. The maximum Gasteiger partial charge on any atom is 0.404 e. The molecule has 0 aromatic heterocycles. The number of carboxylic acid groups (broad SMARTS) is 1. The Morgan fingerprint density at radius 3 is 2.71 bits per heavy atom. The van der Waals surface area contributed by atoms with Crippen LogP contribution in [0.3, 0.4) is 0 Å². The summed E-state index contributed by atoms with van der Waals surface area (Å²) >= 11 is 6.93. The monoisotopic (exact) mass is 470 g/mol. The zero-order valence-electron chi connectivity index (χ0n) is 15.5. The van der Waals surface area contributed by atoms with Gasteiger partial charge in [-0.3, -0.25) is 14.5 Å². The van der Waals surface area contributed by atoms with E-state index in [0.29, 0.717) is 0 Å². The van der Waals surface area contributed by atoms with Crippen LogP contribution in [0.2, 0.25) is 5.02 Å². The molecule has 3 amide bonds. The number of primary amides is 1. The molecule has 3 atom stereocenters. The van der Waals surface area contributed by atoms with Gasteiger partial charge in [-0.15, -0.1) is 16.7 Å². The Labute approximate surface area is 183 Å². The largest absolute Gasteiger partial charge is 0.506 e. The SMILES string of the molecule is NC(=O)OCC1=C(C(=O)O)N2C(=O)C(NC(=O)C(N=O)c3ccc(O)c(Cl)c3)[C@@H]2SC1. The number of halogens is 1. The molecule has 164 valence electrons. The van der Waals surface area contributed by atoms with Crippen LogP contribution in [0.15, 0.2) is 34.6 Å². The number of ether oxygens (including phenoxy) is 1. The Morgan fingerprint density at radius 2 is 2.13 bits per heavy atom. The lowest BCUT2D eigenvalue weighted by Gasteiger charge is -2.49. The van der Waals surface area contributed by atoms with Crippen molar-refractivity contribution in [1.82, 2.24) is 10.2 Å². The van der Waals surface area contributed by atoms with Gasteiger partial charge in [-0.1, -0.05) is 22.8 Å². The van der Waals surface area contributed by atoms with Crippen LogP contribution in [0.4, 0.5) is 4.79 Å². The molecular formula is C17H15ClN4O8S. The van der Waals surface area contributed by atoms with Crippen LogP contribution < -0.4 is 11.1 Å². The average molecular weight is 471 g/mol.